The molecule has 2 saturated heterocycles. The highest BCUT2D eigenvalue weighted by Crippen LogP contribution is 2.42. The normalized spacial score (nSPS) is 33.8. The van der Waals surface area contributed by atoms with Crippen LogP contribution in [0.25, 0.3) is 0 Å². The van der Waals surface area contributed by atoms with Gasteiger partial charge in [0.2, 0.25) is 0 Å². The Balaban J connectivity index is 1.87. The van der Waals surface area contributed by atoms with Gasteiger partial charge in [0, 0.05) is 23.5 Å². The molecule has 0 radical (unpaired) electrons. The van der Waals surface area contributed by atoms with E-state index in [1.54, 1.807) is 0 Å². The number of rotatable bonds is 3. The molecule has 3 nitrogen and oxygen atoms in total. The van der Waals surface area contributed by atoms with Crippen LogP contribution in [0.15, 0.2) is 11.4 Å². The summed E-state index contributed by atoms with van der Waals surface area (Å²) in [6.45, 7) is 2.86. The Kier molecular flexibility index (Phi) is 3.45. The van der Waals surface area contributed by atoms with Crippen molar-refractivity contribution in [2.75, 3.05) is 6.54 Å². The van der Waals surface area contributed by atoms with Crippen LogP contribution < -0.4 is 5.73 Å². The number of nitrogens with two attached hydrogens (primary N) is 1. The number of aliphatic hydroxyl groups excluding tert-OH is 1. The van der Waals surface area contributed by atoms with Crippen molar-refractivity contribution >= 4 is 11.3 Å². The van der Waals surface area contributed by atoms with E-state index in [0.29, 0.717) is 24.7 Å². The number of thiophene rings is 1. The molecule has 3 N–H and O–H groups in total. The number of hydrogen-bond donors (Lipinski definition) is 2. The van der Waals surface area contributed by atoms with Crippen molar-refractivity contribution in [2.24, 2.45) is 5.73 Å². The first kappa shape index (κ1) is 12.6. The molecule has 1 aromatic heterocycles. The lowest BCUT2D eigenvalue weighted by Gasteiger charge is -2.42. The molecule has 0 saturated carbocycles. The summed E-state index contributed by atoms with van der Waals surface area (Å²) in [5.41, 5.74) is 7.42. The Hall–Kier alpha value is -0.420. The van der Waals surface area contributed by atoms with Gasteiger partial charge in [0.05, 0.1) is 12.1 Å². The zero-order chi connectivity index (χ0) is 12.7. The summed E-state index contributed by atoms with van der Waals surface area (Å²) in [6.07, 6.45) is 4.21. The Morgan fingerprint density at radius 3 is 2.61 bits per heavy atom. The summed E-state index contributed by atoms with van der Waals surface area (Å²) in [7, 11) is 0. The summed E-state index contributed by atoms with van der Waals surface area (Å²) in [6, 6.07) is 3.61. The predicted molar refractivity (Wildman–Crippen MR) is 74.7 cm³/mol. The van der Waals surface area contributed by atoms with Crippen LogP contribution in [-0.4, -0.2) is 34.7 Å². The third kappa shape index (κ3) is 2.01. The summed E-state index contributed by atoms with van der Waals surface area (Å²) < 4.78 is 0. The van der Waals surface area contributed by atoms with E-state index in [9.17, 15) is 5.11 Å². The molecule has 2 bridgehead atoms. The van der Waals surface area contributed by atoms with Gasteiger partial charge in [-0.3, -0.25) is 4.90 Å². The molecule has 3 unspecified atom stereocenters. The monoisotopic (exact) mass is 266 g/mol. The van der Waals surface area contributed by atoms with Crippen LogP contribution >= 0.6 is 11.3 Å². The molecule has 0 amide bonds. The lowest BCUT2D eigenvalue weighted by molar-refractivity contribution is 0.0123. The van der Waals surface area contributed by atoms with Gasteiger partial charge in [-0.1, -0.05) is 0 Å². The van der Waals surface area contributed by atoms with Gasteiger partial charge in [0.15, 0.2) is 0 Å². The number of aryl methyl sites for hydroxylation is 1. The lowest BCUT2D eigenvalue weighted by Crippen LogP contribution is -2.48. The van der Waals surface area contributed by atoms with Crippen molar-refractivity contribution in [3.8, 4) is 0 Å². The predicted octanol–water partition coefficient (Wildman–Crippen LogP) is 2.04. The van der Waals surface area contributed by atoms with Crippen LogP contribution in [0, 0.1) is 6.92 Å². The molecule has 3 rings (SSSR count). The van der Waals surface area contributed by atoms with E-state index in [4.69, 9.17) is 5.73 Å². The fourth-order valence-corrected chi connectivity index (χ4v) is 4.83. The van der Waals surface area contributed by atoms with Crippen molar-refractivity contribution < 1.29 is 5.11 Å². The molecule has 2 fully saturated rings. The second kappa shape index (κ2) is 4.93. The molecule has 4 heteroatoms. The van der Waals surface area contributed by atoms with Crippen molar-refractivity contribution in [1.29, 1.82) is 0 Å². The molecule has 0 aliphatic carbocycles. The van der Waals surface area contributed by atoms with Gasteiger partial charge in [0.1, 0.15) is 0 Å². The molecule has 1 aromatic rings. The molecule has 2 aliphatic heterocycles. The number of piperidine rings is 1. The second-order valence-corrected chi connectivity index (χ2v) is 6.62. The van der Waals surface area contributed by atoms with Gasteiger partial charge in [-0.25, -0.2) is 0 Å². The van der Waals surface area contributed by atoms with E-state index in [2.05, 4.69) is 23.3 Å². The molecule has 100 valence electrons. The minimum absolute atomic E-state index is 0.0957. The van der Waals surface area contributed by atoms with E-state index in [1.807, 2.05) is 11.3 Å². The lowest BCUT2D eigenvalue weighted by atomic mass is 9.96. The minimum atomic E-state index is -0.0957. The number of fused-ring (bicyclic) bond motifs is 2. The van der Waals surface area contributed by atoms with Crippen molar-refractivity contribution in [3.05, 3.63) is 21.9 Å². The Morgan fingerprint density at radius 2 is 2.11 bits per heavy atom. The summed E-state index contributed by atoms with van der Waals surface area (Å²) >= 11 is 1.82. The number of aliphatic hydroxyl groups is 1. The fourth-order valence-electron chi connectivity index (χ4n) is 3.78. The van der Waals surface area contributed by atoms with Gasteiger partial charge in [-0.2, -0.15) is 0 Å². The van der Waals surface area contributed by atoms with E-state index in [1.165, 1.54) is 23.3 Å². The Morgan fingerprint density at radius 1 is 1.44 bits per heavy atom. The third-order valence-corrected chi connectivity index (χ3v) is 5.67. The quantitative estimate of drug-likeness (QED) is 0.880. The summed E-state index contributed by atoms with van der Waals surface area (Å²) in [5.74, 6) is 0. The van der Waals surface area contributed by atoms with E-state index in [0.717, 1.165) is 12.8 Å². The minimum Gasteiger partial charge on any atom is -0.393 e. The highest BCUT2D eigenvalue weighted by Gasteiger charge is 2.43. The average Bonchev–Trinajstić information content (AvgIpc) is 2.85. The van der Waals surface area contributed by atoms with Crippen LogP contribution in [0.3, 0.4) is 0 Å². The smallest absolute Gasteiger partial charge is 0.0572 e. The van der Waals surface area contributed by atoms with E-state index >= 15 is 0 Å². The largest absolute Gasteiger partial charge is 0.393 e. The van der Waals surface area contributed by atoms with E-state index < -0.39 is 0 Å². The molecular formula is C14H22N2OS. The number of nitrogens with zero attached hydrogens (tertiary/aromatic N) is 1. The molecule has 2 aliphatic rings. The van der Waals surface area contributed by atoms with Crippen molar-refractivity contribution in [1.82, 2.24) is 4.90 Å². The van der Waals surface area contributed by atoms with Crippen LogP contribution in [-0.2, 0) is 0 Å². The molecule has 3 atom stereocenters. The van der Waals surface area contributed by atoms with Gasteiger partial charge < -0.3 is 10.8 Å². The highest BCUT2D eigenvalue weighted by atomic mass is 32.1. The zero-order valence-corrected chi connectivity index (χ0v) is 11.7. The average molecular weight is 266 g/mol. The van der Waals surface area contributed by atoms with Gasteiger partial charge in [0.25, 0.3) is 0 Å². The van der Waals surface area contributed by atoms with Gasteiger partial charge >= 0.3 is 0 Å². The van der Waals surface area contributed by atoms with Crippen LogP contribution in [0.2, 0.25) is 0 Å². The first-order chi connectivity index (χ1) is 8.70. The Labute approximate surface area is 113 Å². The maximum Gasteiger partial charge on any atom is 0.0572 e. The molecule has 3 heterocycles. The summed E-state index contributed by atoms with van der Waals surface area (Å²) in [5, 5.41) is 12.1. The molecule has 18 heavy (non-hydrogen) atoms. The first-order valence-electron chi connectivity index (χ1n) is 6.90. The van der Waals surface area contributed by atoms with Gasteiger partial charge in [-0.05, 0) is 49.6 Å². The SMILES string of the molecule is Cc1ccsc1C(CN)N1C2CCC1CC(O)C2. The molecule has 0 aromatic carbocycles. The fraction of sp³-hybridized carbons (Fsp3) is 0.714. The van der Waals surface area contributed by atoms with Crippen molar-refractivity contribution in [2.45, 2.75) is 56.8 Å². The second-order valence-electron chi connectivity index (χ2n) is 5.68. The highest BCUT2D eigenvalue weighted by molar-refractivity contribution is 7.10. The van der Waals surface area contributed by atoms with Gasteiger partial charge in [-0.15, -0.1) is 11.3 Å². The third-order valence-electron chi connectivity index (χ3n) is 4.55. The van der Waals surface area contributed by atoms with E-state index in [-0.39, 0.29) is 6.10 Å². The maximum absolute atomic E-state index is 9.89. The molecule has 0 spiro atoms. The zero-order valence-electron chi connectivity index (χ0n) is 10.9. The van der Waals surface area contributed by atoms with Crippen LogP contribution in [0.5, 0.6) is 0 Å². The van der Waals surface area contributed by atoms with Crippen molar-refractivity contribution in [3.63, 3.8) is 0 Å². The first-order valence-corrected chi connectivity index (χ1v) is 7.78. The summed E-state index contributed by atoms with van der Waals surface area (Å²) in [4.78, 5) is 4.02. The topological polar surface area (TPSA) is 49.5 Å². The Bertz CT molecular complexity index is 406. The van der Waals surface area contributed by atoms with Crippen LogP contribution in [0.4, 0.5) is 0 Å². The van der Waals surface area contributed by atoms with Crippen LogP contribution in [0.1, 0.15) is 42.2 Å². The maximum atomic E-state index is 9.89. The number of hydrogen-bond acceptors (Lipinski definition) is 4. The molecular weight excluding hydrogens is 244 g/mol. The standard InChI is InChI=1S/C14H22N2OS/c1-9-4-5-18-14(9)13(8-15)16-10-2-3-11(16)7-12(17)6-10/h4-5,10-13,17H,2-3,6-8,15H2,1H3.